The molecular formula is C13H15N3O. The average Bonchev–Trinajstić information content (AvgIpc) is 2.36. The molecule has 0 spiro atoms. The number of pyridine rings is 1. The Labute approximate surface area is 100 Å². The monoisotopic (exact) mass is 229 g/mol. The largest absolute Gasteiger partial charge is 0.492 e. The molecule has 88 valence electrons. The zero-order valence-corrected chi connectivity index (χ0v) is 9.47. The molecule has 0 saturated carbocycles. The van der Waals surface area contributed by atoms with Gasteiger partial charge in [0.25, 0.3) is 0 Å². The van der Waals surface area contributed by atoms with Gasteiger partial charge in [-0.25, -0.2) is 0 Å². The van der Waals surface area contributed by atoms with Crippen LogP contribution in [-0.2, 0) is 0 Å². The van der Waals surface area contributed by atoms with E-state index in [0.29, 0.717) is 12.3 Å². The summed E-state index contributed by atoms with van der Waals surface area (Å²) in [7, 11) is 0. The fraction of sp³-hybridized carbons (Fsp3) is 0.154. The van der Waals surface area contributed by atoms with Crippen LogP contribution in [0.2, 0.25) is 0 Å². The van der Waals surface area contributed by atoms with E-state index in [2.05, 4.69) is 10.3 Å². The lowest BCUT2D eigenvalue weighted by molar-refractivity contribution is 0.333. The quantitative estimate of drug-likeness (QED) is 0.609. The van der Waals surface area contributed by atoms with Gasteiger partial charge < -0.3 is 15.8 Å². The zero-order valence-electron chi connectivity index (χ0n) is 9.47. The number of hydrogen-bond donors (Lipinski definition) is 2. The van der Waals surface area contributed by atoms with Gasteiger partial charge >= 0.3 is 0 Å². The summed E-state index contributed by atoms with van der Waals surface area (Å²) >= 11 is 0. The molecule has 2 rings (SSSR count). The summed E-state index contributed by atoms with van der Waals surface area (Å²) in [5.41, 5.74) is 7.40. The Morgan fingerprint density at radius 2 is 2.00 bits per heavy atom. The van der Waals surface area contributed by atoms with Crippen LogP contribution in [0.1, 0.15) is 0 Å². The van der Waals surface area contributed by atoms with Crippen LogP contribution in [0.3, 0.4) is 0 Å². The molecule has 0 unspecified atom stereocenters. The number of ether oxygens (including phenoxy) is 1. The van der Waals surface area contributed by atoms with Crippen LogP contribution in [-0.4, -0.2) is 18.1 Å². The van der Waals surface area contributed by atoms with Gasteiger partial charge in [0, 0.05) is 36.4 Å². The van der Waals surface area contributed by atoms with Crippen molar-refractivity contribution in [2.24, 2.45) is 0 Å². The van der Waals surface area contributed by atoms with E-state index in [4.69, 9.17) is 10.5 Å². The molecule has 17 heavy (non-hydrogen) atoms. The minimum Gasteiger partial charge on any atom is -0.492 e. The lowest BCUT2D eigenvalue weighted by Crippen LogP contribution is -2.11. The number of benzene rings is 1. The molecule has 0 atom stereocenters. The van der Waals surface area contributed by atoms with Crippen molar-refractivity contribution >= 4 is 11.4 Å². The van der Waals surface area contributed by atoms with Crippen molar-refractivity contribution in [1.29, 1.82) is 0 Å². The highest BCUT2D eigenvalue weighted by atomic mass is 16.5. The number of nitrogens with one attached hydrogen (secondary N) is 1. The summed E-state index contributed by atoms with van der Waals surface area (Å²) in [4.78, 5) is 3.95. The standard InChI is InChI=1S/C13H15N3O/c14-11-2-1-3-13(10-11)17-9-8-16-12-4-6-15-7-5-12/h1-7,10H,8-9,14H2,(H,15,16). The maximum Gasteiger partial charge on any atom is 0.121 e. The third kappa shape index (κ3) is 3.68. The number of nitrogens with zero attached hydrogens (tertiary/aromatic N) is 1. The third-order valence-electron chi connectivity index (χ3n) is 2.24. The second kappa shape index (κ2) is 5.75. The van der Waals surface area contributed by atoms with Gasteiger partial charge in [0.2, 0.25) is 0 Å². The number of aromatic nitrogens is 1. The lowest BCUT2D eigenvalue weighted by Gasteiger charge is -2.08. The minimum atomic E-state index is 0.589. The predicted octanol–water partition coefficient (Wildman–Crippen LogP) is 2.15. The van der Waals surface area contributed by atoms with E-state index < -0.39 is 0 Å². The van der Waals surface area contributed by atoms with E-state index in [9.17, 15) is 0 Å². The maximum atomic E-state index is 5.65. The number of nitrogens with two attached hydrogens (primary N) is 1. The van der Waals surface area contributed by atoms with Gasteiger partial charge in [0.05, 0.1) is 0 Å². The minimum absolute atomic E-state index is 0.589. The molecule has 1 aromatic carbocycles. The van der Waals surface area contributed by atoms with Crippen molar-refractivity contribution in [2.75, 3.05) is 24.2 Å². The van der Waals surface area contributed by atoms with E-state index in [1.165, 1.54) is 0 Å². The van der Waals surface area contributed by atoms with Crippen LogP contribution in [0.4, 0.5) is 11.4 Å². The highest BCUT2D eigenvalue weighted by Crippen LogP contribution is 2.14. The van der Waals surface area contributed by atoms with Gasteiger partial charge in [-0.05, 0) is 24.3 Å². The molecule has 0 bridgehead atoms. The number of hydrogen-bond acceptors (Lipinski definition) is 4. The van der Waals surface area contributed by atoms with Crippen molar-refractivity contribution in [3.8, 4) is 5.75 Å². The Morgan fingerprint density at radius 1 is 1.18 bits per heavy atom. The Morgan fingerprint density at radius 3 is 2.76 bits per heavy atom. The molecule has 0 fully saturated rings. The zero-order chi connectivity index (χ0) is 11.9. The van der Waals surface area contributed by atoms with E-state index >= 15 is 0 Å². The molecular weight excluding hydrogens is 214 g/mol. The van der Waals surface area contributed by atoms with Crippen molar-refractivity contribution in [1.82, 2.24) is 4.98 Å². The van der Waals surface area contributed by atoms with Crippen molar-refractivity contribution in [2.45, 2.75) is 0 Å². The SMILES string of the molecule is Nc1cccc(OCCNc2ccncc2)c1. The Kier molecular flexibility index (Phi) is 3.81. The molecule has 0 aliphatic rings. The first-order valence-corrected chi connectivity index (χ1v) is 5.47. The predicted molar refractivity (Wildman–Crippen MR) is 69.1 cm³/mol. The number of nitrogen functional groups attached to an aromatic ring is 1. The van der Waals surface area contributed by atoms with E-state index in [1.54, 1.807) is 12.4 Å². The van der Waals surface area contributed by atoms with Crippen molar-refractivity contribution < 1.29 is 4.74 Å². The van der Waals surface area contributed by atoms with Gasteiger partial charge in [-0.3, -0.25) is 4.98 Å². The van der Waals surface area contributed by atoms with Crippen LogP contribution in [0.5, 0.6) is 5.75 Å². The van der Waals surface area contributed by atoms with Gasteiger partial charge in [-0.15, -0.1) is 0 Å². The molecule has 0 saturated heterocycles. The third-order valence-corrected chi connectivity index (χ3v) is 2.24. The summed E-state index contributed by atoms with van der Waals surface area (Å²) in [6.45, 7) is 1.32. The highest BCUT2D eigenvalue weighted by molar-refractivity contribution is 5.43. The smallest absolute Gasteiger partial charge is 0.121 e. The first-order valence-electron chi connectivity index (χ1n) is 5.47. The van der Waals surface area contributed by atoms with Crippen LogP contribution in [0.25, 0.3) is 0 Å². The van der Waals surface area contributed by atoms with E-state index in [0.717, 1.165) is 18.0 Å². The topological polar surface area (TPSA) is 60.2 Å². The highest BCUT2D eigenvalue weighted by Gasteiger charge is 1.94. The molecule has 0 amide bonds. The molecule has 4 nitrogen and oxygen atoms in total. The molecule has 1 heterocycles. The molecule has 1 aromatic heterocycles. The van der Waals surface area contributed by atoms with E-state index in [1.807, 2.05) is 36.4 Å². The van der Waals surface area contributed by atoms with Crippen LogP contribution >= 0.6 is 0 Å². The Balaban J connectivity index is 1.73. The summed E-state index contributed by atoms with van der Waals surface area (Å²) in [5, 5.41) is 3.23. The number of rotatable bonds is 5. The molecule has 0 radical (unpaired) electrons. The lowest BCUT2D eigenvalue weighted by atomic mass is 10.3. The Bertz CT molecular complexity index is 459. The molecule has 4 heteroatoms. The van der Waals surface area contributed by atoms with Crippen molar-refractivity contribution in [3.63, 3.8) is 0 Å². The van der Waals surface area contributed by atoms with Gasteiger partial charge in [-0.1, -0.05) is 6.07 Å². The molecule has 0 aliphatic carbocycles. The Hall–Kier alpha value is -2.23. The molecule has 0 aliphatic heterocycles. The van der Waals surface area contributed by atoms with Gasteiger partial charge in [-0.2, -0.15) is 0 Å². The summed E-state index contributed by atoms with van der Waals surface area (Å²) in [6.07, 6.45) is 3.50. The summed E-state index contributed by atoms with van der Waals surface area (Å²) in [5.74, 6) is 0.793. The normalized spacial score (nSPS) is 9.88. The summed E-state index contributed by atoms with van der Waals surface area (Å²) < 4.78 is 5.55. The van der Waals surface area contributed by atoms with Crippen molar-refractivity contribution in [3.05, 3.63) is 48.8 Å². The maximum absolute atomic E-state index is 5.65. The van der Waals surface area contributed by atoms with Crippen LogP contribution in [0.15, 0.2) is 48.8 Å². The number of anilines is 2. The van der Waals surface area contributed by atoms with Crippen LogP contribution < -0.4 is 15.8 Å². The fourth-order valence-corrected chi connectivity index (χ4v) is 1.44. The fourth-order valence-electron chi connectivity index (χ4n) is 1.44. The second-order valence-corrected chi connectivity index (χ2v) is 3.58. The molecule has 3 N–H and O–H groups in total. The van der Waals surface area contributed by atoms with Gasteiger partial charge in [0.1, 0.15) is 12.4 Å². The molecule has 2 aromatic rings. The first kappa shape index (κ1) is 11.3. The summed E-state index contributed by atoms with van der Waals surface area (Å²) in [6, 6.07) is 11.2. The van der Waals surface area contributed by atoms with E-state index in [-0.39, 0.29) is 0 Å². The first-order chi connectivity index (χ1) is 8.34. The van der Waals surface area contributed by atoms with Gasteiger partial charge in [0.15, 0.2) is 0 Å². The average molecular weight is 229 g/mol. The second-order valence-electron chi connectivity index (χ2n) is 3.58. The van der Waals surface area contributed by atoms with Crippen LogP contribution in [0, 0.1) is 0 Å².